The molecule has 1 atom stereocenters. The number of aliphatic hydroxyl groups excluding tert-OH is 1. The van der Waals surface area contributed by atoms with E-state index in [0.717, 1.165) is 24.2 Å². The summed E-state index contributed by atoms with van der Waals surface area (Å²) >= 11 is 0. The van der Waals surface area contributed by atoms with Crippen LogP contribution in [0.5, 0.6) is 0 Å². The van der Waals surface area contributed by atoms with Crippen molar-refractivity contribution >= 4 is 5.65 Å². The topological polar surface area (TPSA) is 49.6 Å². The van der Waals surface area contributed by atoms with E-state index in [0.29, 0.717) is 6.54 Å². The highest BCUT2D eigenvalue weighted by molar-refractivity contribution is 5.48. The second kappa shape index (κ2) is 5.48. The van der Waals surface area contributed by atoms with Crippen molar-refractivity contribution in [2.45, 2.75) is 31.8 Å². The molecule has 1 unspecified atom stereocenters. The van der Waals surface area contributed by atoms with Gasteiger partial charge in [0.15, 0.2) is 0 Å². The van der Waals surface area contributed by atoms with Gasteiger partial charge in [-0.2, -0.15) is 0 Å². The summed E-state index contributed by atoms with van der Waals surface area (Å²) in [6.45, 7) is 2.86. The van der Waals surface area contributed by atoms with E-state index in [9.17, 15) is 5.11 Å². The van der Waals surface area contributed by atoms with Crippen molar-refractivity contribution in [3.8, 4) is 0 Å². The minimum Gasteiger partial charge on any atom is -0.394 e. The SMILES string of the molecule is Cc1cccn2c(CNC3(CO)CCc4ccccc43)cnc12. The maximum absolute atomic E-state index is 10.1. The Kier molecular flexibility index (Phi) is 3.43. The van der Waals surface area contributed by atoms with Gasteiger partial charge in [-0.3, -0.25) is 5.32 Å². The van der Waals surface area contributed by atoms with Gasteiger partial charge in [-0.15, -0.1) is 0 Å². The number of imidazole rings is 1. The van der Waals surface area contributed by atoms with Crippen LogP contribution >= 0.6 is 0 Å². The van der Waals surface area contributed by atoms with E-state index < -0.39 is 0 Å². The zero-order chi connectivity index (χ0) is 15.9. The third-order valence-corrected chi connectivity index (χ3v) is 5.04. The Morgan fingerprint density at radius 1 is 1.26 bits per heavy atom. The highest BCUT2D eigenvalue weighted by Gasteiger charge is 2.37. The molecule has 0 saturated carbocycles. The van der Waals surface area contributed by atoms with Crippen LogP contribution in [0.1, 0.15) is 28.8 Å². The smallest absolute Gasteiger partial charge is 0.139 e. The summed E-state index contributed by atoms with van der Waals surface area (Å²) in [5.74, 6) is 0. The lowest BCUT2D eigenvalue weighted by Gasteiger charge is -2.29. The summed E-state index contributed by atoms with van der Waals surface area (Å²) in [6.07, 6.45) is 5.90. The first-order valence-electron chi connectivity index (χ1n) is 8.09. The lowest BCUT2D eigenvalue weighted by atomic mass is 9.92. The molecule has 0 fully saturated rings. The lowest BCUT2D eigenvalue weighted by molar-refractivity contribution is 0.158. The lowest BCUT2D eigenvalue weighted by Crippen LogP contribution is -2.43. The van der Waals surface area contributed by atoms with Crippen molar-refractivity contribution in [3.63, 3.8) is 0 Å². The average Bonchev–Trinajstić information content (AvgIpc) is 3.16. The minimum absolute atomic E-state index is 0.111. The van der Waals surface area contributed by atoms with Crippen molar-refractivity contribution in [1.29, 1.82) is 0 Å². The molecule has 2 heterocycles. The van der Waals surface area contributed by atoms with Gasteiger partial charge in [0.25, 0.3) is 0 Å². The van der Waals surface area contributed by atoms with Gasteiger partial charge in [0, 0.05) is 12.7 Å². The van der Waals surface area contributed by atoms with E-state index in [1.54, 1.807) is 0 Å². The molecule has 4 nitrogen and oxygen atoms in total. The summed E-state index contributed by atoms with van der Waals surface area (Å²) in [7, 11) is 0. The molecule has 3 aromatic rings. The molecule has 0 spiro atoms. The Morgan fingerprint density at radius 2 is 2.13 bits per heavy atom. The molecular weight excluding hydrogens is 286 g/mol. The van der Waals surface area contributed by atoms with Gasteiger partial charge in [-0.1, -0.05) is 30.3 Å². The Bertz CT molecular complexity index is 855. The molecule has 118 valence electrons. The molecule has 0 radical (unpaired) electrons. The summed E-state index contributed by atoms with van der Waals surface area (Å²) < 4.78 is 2.12. The predicted molar refractivity (Wildman–Crippen MR) is 90.3 cm³/mol. The van der Waals surface area contributed by atoms with Crippen LogP contribution in [0.4, 0.5) is 0 Å². The third-order valence-electron chi connectivity index (χ3n) is 5.04. The highest BCUT2D eigenvalue weighted by atomic mass is 16.3. The first-order valence-corrected chi connectivity index (χ1v) is 8.09. The van der Waals surface area contributed by atoms with Gasteiger partial charge in [-0.05, 0) is 42.5 Å². The van der Waals surface area contributed by atoms with Crippen molar-refractivity contribution in [2.24, 2.45) is 0 Å². The largest absolute Gasteiger partial charge is 0.394 e. The van der Waals surface area contributed by atoms with Crippen molar-refractivity contribution < 1.29 is 5.11 Å². The van der Waals surface area contributed by atoms with E-state index in [2.05, 4.69) is 45.9 Å². The Hall–Kier alpha value is -2.17. The van der Waals surface area contributed by atoms with Crippen LogP contribution in [-0.2, 0) is 18.5 Å². The highest BCUT2D eigenvalue weighted by Crippen LogP contribution is 2.36. The molecule has 0 aliphatic heterocycles. The van der Waals surface area contributed by atoms with Gasteiger partial charge in [0.1, 0.15) is 5.65 Å². The summed E-state index contributed by atoms with van der Waals surface area (Å²) in [4.78, 5) is 4.52. The van der Waals surface area contributed by atoms with Crippen LogP contribution in [0.15, 0.2) is 48.8 Å². The van der Waals surface area contributed by atoms with Crippen LogP contribution in [0.2, 0.25) is 0 Å². The predicted octanol–water partition coefficient (Wildman–Crippen LogP) is 2.57. The molecule has 4 rings (SSSR count). The monoisotopic (exact) mass is 307 g/mol. The fourth-order valence-electron chi connectivity index (χ4n) is 3.68. The average molecular weight is 307 g/mol. The molecule has 0 bridgehead atoms. The third kappa shape index (κ3) is 2.26. The number of aliphatic hydroxyl groups is 1. The summed E-state index contributed by atoms with van der Waals surface area (Å²) in [6, 6.07) is 12.5. The Labute approximate surface area is 135 Å². The second-order valence-electron chi connectivity index (χ2n) is 6.39. The first kappa shape index (κ1) is 14.4. The van der Waals surface area contributed by atoms with E-state index in [1.165, 1.54) is 16.7 Å². The number of nitrogens with zero attached hydrogens (tertiary/aromatic N) is 2. The van der Waals surface area contributed by atoms with E-state index >= 15 is 0 Å². The number of pyridine rings is 1. The fourth-order valence-corrected chi connectivity index (χ4v) is 3.68. The molecule has 1 aliphatic carbocycles. The van der Waals surface area contributed by atoms with Gasteiger partial charge in [0.05, 0.1) is 24.0 Å². The fraction of sp³-hybridized carbons (Fsp3) is 0.316. The molecule has 1 aliphatic rings. The molecule has 0 amide bonds. The minimum atomic E-state index is -0.343. The second-order valence-corrected chi connectivity index (χ2v) is 6.39. The number of aryl methyl sites for hydroxylation is 2. The Balaban J connectivity index is 1.64. The summed E-state index contributed by atoms with van der Waals surface area (Å²) in [5.41, 5.74) is 5.50. The normalized spacial score (nSPS) is 20.1. The van der Waals surface area contributed by atoms with E-state index in [-0.39, 0.29) is 12.1 Å². The molecule has 1 aromatic carbocycles. The van der Waals surface area contributed by atoms with Gasteiger partial charge >= 0.3 is 0 Å². The summed E-state index contributed by atoms with van der Waals surface area (Å²) in [5, 5.41) is 13.7. The molecule has 23 heavy (non-hydrogen) atoms. The maximum atomic E-state index is 10.1. The number of hydrogen-bond acceptors (Lipinski definition) is 3. The van der Waals surface area contributed by atoms with Gasteiger partial charge < -0.3 is 9.51 Å². The Morgan fingerprint density at radius 3 is 3.00 bits per heavy atom. The molecule has 2 N–H and O–H groups in total. The van der Waals surface area contributed by atoms with Crippen LogP contribution in [0.3, 0.4) is 0 Å². The zero-order valence-corrected chi connectivity index (χ0v) is 13.3. The van der Waals surface area contributed by atoms with Crippen molar-refractivity contribution in [2.75, 3.05) is 6.61 Å². The van der Waals surface area contributed by atoms with Crippen LogP contribution in [-0.4, -0.2) is 21.1 Å². The quantitative estimate of drug-likeness (QED) is 0.779. The van der Waals surface area contributed by atoms with Crippen LogP contribution < -0.4 is 5.32 Å². The molecule has 2 aromatic heterocycles. The molecule has 0 saturated heterocycles. The van der Waals surface area contributed by atoms with Crippen molar-refractivity contribution in [3.05, 3.63) is 71.2 Å². The number of aromatic nitrogens is 2. The number of rotatable bonds is 4. The van der Waals surface area contributed by atoms with Gasteiger partial charge in [0.2, 0.25) is 0 Å². The van der Waals surface area contributed by atoms with Crippen LogP contribution in [0, 0.1) is 6.92 Å². The first-order chi connectivity index (χ1) is 11.2. The maximum Gasteiger partial charge on any atom is 0.139 e. The van der Waals surface area contributed by atoms with Gasteiger partial charge in [-0.25, -0.2) is 4.98 Å². The molecule has 4 heteroatoms. The van der Waals surface area contributed by atoms with Crippen LogP contribution in [0.25, 0.3) is 5.65 Å². The molecular formula is C19H21N3O. The standard InChI is InChI=1S/C19H21N3O/c1-14-5-4-10-22-16(11-20-18(14)22)12-21-19(13-23)9-8-15-6-2-3-7-17(15)19/h2-7,10-11,21,23H,8-9,12-13H2,1H3. The number of benzene rings is 1. The zero-order valence-electron chi connectivity index (χ0n) is 13.3. The van der Waals surface area contributed by atoms with E-state index in [1.807, 2.05) is 24.5 Å². The van der Waals surface area contributed by atoms with E-state index in [4.69, 9.17) is 0 Å². The number of nitrogens with one attached hydrogen (secondary N) is 1. The number of hydrogen-bond donors (Lipinski definition) is 2. The van der Waals surface area contributed by atoms with Crippen molar-refractivity contribution in [1.82, 2.24) is 14.7 Å². The number of fused-ring (bicyclic) bond motifs is 2.